The summed E-state index contributed by atoms with van der Waals surface area (Å²) in [7, 11) is 0. The maximum atomic E-state index is 4.08. The van der Waals surface area contributed by atoms with Gasteiger partial charge in [-0.15, -0.1) is 0 Å². The Labute approximate surface area is 95.6 Å². The molecule has 0 spiro atoms. The van der Waals surface area contributed by atoms with E-state index < -0.39 is 0 Å². The standard InChI is InChI=1S/C10H20N4S/c1-3-4-5-6-11-7-9(2)15-10-12-8-13-14-10/h8-9,11H,3-7H2,1-2H3,(H,12,13,14). The van der Waals surface area contributed by atoms with E-state index in [9.17, 15) is 0 Å². The Morgan fingerprint density at radius 3 is 3.07 bits per heavy atom. The number of hydrogen-bond donors (Lipinski definition) is 2. The number of nitrogens with zero attached hydrogens (tertiary/aromatic N) is 2. The van der Waals surface area contributed by atoms with Gasteiger partial charge < -0.3 is 5.32 Å². The number of unbranched alkanes of at least 4 members (excludes halogenated alkanes) is 2. The van der Waals surface area contributed by atoms with Gasteiger partial charge in [-0.2, -0.15) is 5.10 Å². The van der Waals surface area contributed by atoms with Gasteiger partial charge in [0.15, 0.2) is 5.16 Å². The molecule has 0 amide bonds. The van der Waals surface area contributed by atoms with Crippen molar-refractivity contribution < 1.29 is 0 Å². The third-order valence-corrected chi connectivity index (χ3v) is 3.08. The Hall–Kier alpha value is -0.550. The van der Waals surface area contributed by atoms with Gasteiger partial charge in [-0.25, -0.2) is 4.98 Å². The first-order valence-corrected chi connectivity index (χ1v) is 6.43. The van der Waals surface area contributed by atoms with Crippen LogP contribution in [0.1, 0.15) is 33.1 Å². The van der Waals surface area contributed by atoms with Crippen LogP contribution in [-0.2, 0) is 0 Å². The van der Waals surface area contributed by atoms with Crippen molar-refractivity contribution in [1.29, 1.82) is 0 Å². The first-order valence-electron chi connectivity index (χ1n) is 5.55. The third kappa shape index (κ3) is 5.79. The SMILES string of the molecule is CCCCCNCC(C)Sc1ncn[nH]1. The Kier molecular flexibility index (Phi) is 6.43. The highest BCUT2D eigenvalue weighted by Gasteiger charge is 2.05. The number of nitrogens with one attached hydrogen (secondary N) is 2. The summed E-state index contributed by atoms with van der Waals surface area (Å²) in [4.78, 5) is 4.08. The van der Waals surface area contributed by atoms with Gasteiger partial charge in [0, 0.05) is 11.8 Å². The molecule has 4 nitrogen and oxygen atoms in total. The van der Waals surface area contributed by atoms with E-state index in [4.69, 9.17) is 0 Å². The fourth-order valence-electron chi connectivity index (χ4n) is 1.29. The van der Waals surface area contributed by atoms with Crippen molar-refractivity contribution in [3.8, 4) is 0 Å². The number of H-pyrrole nitrogens is 1. The minimum absolute atomic E-state index is 0.527. The van der Waals surface area contributed by atoms with Crippen molar-refractivity contribution in [3.05, 3.63) is 6.33 Å². The summed E-state index contributed by atoms with van der Waals surface area (Å²) in [6.45, 7) is 6.56. The zero-order chi connectivity index (χ0) is 10.9. The molecule has 1 rings (SSSR count). The quantitative estimate of drug-likeness (QED) is 0.528. The Morgan fingerprint density at radius 1 is 1.53 bits per heavy atom. The van der Waals surface area contributed by atoms with Crippen LogP contribution in [0.3, 0.4) is 0 Å². The lowest BCUT2D eigenvalue weighted by atomic mass is 10.2. The number of thioether (sulfide) groups is 1. The van der Waals surface area contributed by atoms with Crippen LogP contribution in [0.5, 0.6) is 0 Å². The predicted molar refractivity (Wildman–Crippen MR) is 64.1 cm³/mol. The molecule has 15 heavy (non-hydrogen) atoms. The molecule has 0 saturated heterocycles. The van der Waals surface area contributed by atoms with E-state index in [-0.39, 0.29) is 0 Å². The molecular formula is C10H20N4S. The first-order chi connectivity index (χ1) is 7.33. The fourth-order valence-corrected chi connectivity index (χ4v) is 2.08. The van der Waals surface area contributed by atoms with Gasteiger partial charge in [-0.05, 0) is 13.0 Å². The van der Waals surface area contributed by atoms with E-state index in [1.165, 1.54) is 19.3 Å². The maximum Gasteiger partial charge on any atom is 0.183 e. The average molecular weight is 228 g/mol. The molecular weight excluding hydrogens is 208 g/mol. The molecule has 86 valence electrons. The van der Waals surface area contributed by atoms with Crippen LogP contribution in [0.15, 0.2) is 11.5 Å². The minimum atomic E-state index is 0.527. The van der Waals surface area contributed by atoms with Gasteiger partial charge in [-0.3, -0.25) is 5.10 Å². The Bertz CT molecular complexity index is 238. The van der Waals surface area contributed by atoms with Crippen molar-refractivity contribution in [2.75, 3.05) is 13.1 Å². The molecule has 0 fully saturated rings. The highest BCUT2D eigenvalue weighted by atomic mass is 32.2. The molecule has 1 aromatic heterocycles. The highest BCUT2D eigenvalue weighted by Crippen LogP contribution is 2.16. The van der Waals surface area contributed by atoms with Gasteiger partial charge in [0.1, 0.15) is 6.33 Å². The lowest BCUT2D eigenvalue weighted by Gasteiger charge is -2.10. The summed E-state index contributed by atoms with van der Waals surface area (Å²) in [6, 6.07) is 0. The molecule has 2 N–H and O–H groups in total. The molecule has 1 aromatic rings. The van der Waals surface area contributed by atoms with Crippen molar-refractivity contribution in [1.82, 2.24) is 20.5 Å². The van der Waals surface area contributed by atoms with E-state index in [0.29, 0.717) is 5.25 Å². The van der Waals surface area contributed by atoms with Crippen molar-refractivity contribution in [2.45, 2.75) is 43.5 Å². The second kappa shape index (κ2) is 7.70. The smallest absolute Gasteiger partial charge is 0.183 e. The van der Waals surface area contributed by atoms with Gasteiger partial charge in [0.05, 0.1) is 0 Å². The molecule has 0 bridgehead atoms. The van der Waals surface area contributed by atoms with Gasteiger partial charge in [0.2, 0.25) is 0 Å². The molecule has 1 heterocycles. The van der Waals surface area contributed by atoms with Crippen LogP contribution in [0.4, 0.5) is 0 Å². The number of hydrogen-bond acceptors (Lipinski definition) is 4. The monoisotopic (exact) mass is 228 g/mol. The second-order valence-corrected chi connectivity index (χ2v) is 5.06. The van der Waals surface area contributed by atoms with Crippen molar-refractivity contribution >= 4 is 11.8 Å². The Morgan fingerprint density at radius 2 is 2.40 bits per heavy atom. The lowest BCUT2D eigenvalue weighted by molar-refractivity contribution is 0.615. The predicted octanol–water partition coefficient (Wildman–Crippen LogP) is 2.07. The first kappa shape index (κ1) is 12.5. The van der Waals surface area contributed by atoms with E-state index >= 15 is 0 Å². The summed E-state index contributed by atoms with van der Waals surface area (Å²) in [5, 5.41) is 11.5. The van der Waals surface area contributed by atoms with Crippen molar-refractivity contribution in [3.63, 3.8) is 0 Å². The van der Waals surface area contributed by atoms with Gasteiger partial charge >= 0.3 is 0 Å². The van der Waals surface area contributed by atoms with Crippen LogP contribution in [0.25, 0.3) is 0 Å². The van der Waals surface area contributed by atoms with Gasteiger partial charge in [0.25, 0.3) is 0 Å². The van der Waals surface area contributed by atoms with Crippen molar-refractivity contribution in [2.24, 2.45) is 0 Å². The molecule has 5 heteroatoms. The zero-order valence-corrected chi connectivity index (χ0v) is 10.3. The summed E-state index contributed by atoms with van der Waals surface area (Å²) in [6.07, 6.45) is 5.42. The topological polar surface area (TPSA) is 53.6 Å². The maximum absolute atomic E-state index is 4.08. The molecule has 1 unspecified atom stereocenters. The van der Waals surface area contributed by atoms with E-state index in [1.54, 1.807) is 18.1 Å². The molecule has 0 aliphatic carbocycles. The summed E-state index contributed by atoms with van der Waals surface area (Å²) >= 11 is 1.72. The van der Waals surface area contributed by atoms with Crippen LogP contribution in [-0.4, -0.2) is 33.5 Å². The average Bonchev–Trinajstić information content (AvgIpc) is 2.70. The van der Waals surface area contributed by atoms with Crippen LogP contribution in [0.2, 0.25) is 0 Å². The summed E-state index contributed by atoms with van der Waals surface area (Å²) in [5.74, 6) is 0. The molecule has 0 aromatic carbocycles. The zero-order valence-electron chi connectivity index (χ0n) is 9.49. The summed E-state index contributed by atoms with van der Waals surface area (Å²) < 4.78 is 0. The lowest BCUT2D eigenvalue weighted by Crippen LogP contribution is -2.23. The normalized spacial score (nSPS) is 12.9. The van der Waals surface area contributed by atoms with E-state index in [0.717, 1.165) is 18.2 Å². The van der Waals surface area contributed by atoms with E-state index in [2.05, 4.69) is 34.3 Å². The Balaban J connectivity index is 2.01. The largest absolute Gasteiger partial charge is 0.316 e. The van der Waals surface area contributed by atoms with Gasteiger partial charge in [-0.1, -0.05) is 38.5 Å². The van der Waals surface area contributed by atoms with Crippen LogP contribution < -0.4 is 5.32 Å². The number of aromatic nitrogens is 3. The van der Waals surface area contributed by atoms with Crippen LogP contribution in [0, 0.1) is 0 Å². The third-order valence-electron chi connectivity index (χ3n) is 2.09. The molecule has 1 atom stereocenters. The summed E-state index contributed by atoms with van der Waals surface area (Å²) in [5.41, 5.74) is 0. The molecule has 0 aliphatic rings. The molecule has 0 aliphatic heterocycles. The second-order valence-electron chi connectivity index (χ2n) is 3.63. The van der Waals surface area contributed by atoms with Crippen LogP contribution >= 0.6 is 11.8 Å². The fraction of sp³-hybridized carbons (Fsp3) is 0.800. The molecule has 0 radical (unpaired) electrons. The number of rotatable bonds is 8. The number of aromatic amines is 1. The highest BCUT2D eigenvalue weighted by molar-refractivity contribution is 7.99. The minimum Gasteiger partial charge on any atom is -0.316 e. The van der Waals surface area contributed by atoms with E-state index in [1.807, 2.05) is 0 Å². The molecule has 0 saturated carbocycles.